The number of epoxide rings is 1. The highest BCUT2D eigenvalue weighted by molar-refractivity contribution is 5.71. The molecular weight excluding hydrogens is 270 g/mol. The monoisotopic (exact) mass is 289 g/mol. The molecule has 0 bridgehead atoms. The number of amides is 1. The zero-order chi connectivity index (χ0) is 14.4. The molecule has 0 aromatic heterocycles. The molecule has 21 heavy (non-hydrogen) atoms. The molecule has 5 heteroatoms. The average molecular weight is 289 g/mol. The Kier molecular flexibility index (Phi) is 3.12. The summed E-state index contributed by atoms with van der Waals surface area (Å²) in [6, 6.07) is 10.2. The summed E-state index contributed by atoms with van der Waals surface area (Å²) in [7, 11) is 0. The molecule has 0 spiro atoms. The van der Waals surface area contributed by atoms with E-state index in [1.807, 2.05) is 35.2 Å². The minimum absolute atomic E-state index is 0.0186. The molecule has 3 aliphatic rings. The number of piperidine rings is 1. The van der Waals surface area contributed by atoms with Crippen LogP contribution in [0.25, 0.3) is 0 Å². The first-order chi connectivity index (χ1) is 10.3. The van der Waals surface area contributed by atoms with Gasteiger partial charge in [-0.05, 0) is 12.0 Å². The zero-order valence-corrected chi connectivity index (χ0v) is 12.0. The van der Waals surface area contributed by atoms with Crippen LogP contribution in [-0.4, -0.2) is 48.0 Å². The first-order valence-electron chi connectivity index (χ1n) is 7.55. The second-order valence-corrected chi connectivity index (χ2v) is 5.85. The first kappa shape index (κ1) is 13.1. The molecule has 112 valence electrons. The topological polar surface area (TPSA) is 51.3 Å². The lowest BCUT2D eigenvalue weighted by atomic mass is 9.93. The molecule has 3 aliphatic heterocycles. The van der Waals surface area contributed by atoms with E-state index in [9.17, 15) is 4.79 Å². The second kappa shape index (κ2) is 5.00. The third kappa shape index (κ3) is 2.12. The van der Waals surface area contributed by atoms with Gasteiger partial charge in [0.05, 0.1) is 18.7 Å². The Morgan fingerprint density at radius 2 is 2.10 bits per heavy atom. The summed E-state index contributed by atoms with van der Waals surface area (Å²) in [6.07, 6.45) is 0.781. The Labute approximate surface area is 123 Å². The van der Waals surface area contributed by atoms with Crippen LogP contribution in [0.1, 0.15) is 18.9 Å². The van der Waals surface area contributed by atoms with Crippen molar-refractivity contribution in [1.82, 2.24) is 4.90 Å². The number of carbonyl (C=O) groups is 1. The fourth-order valence-electron chi connectivity index (χ4n) is 3.57. The van der Waals surface area contributed by atoms with Gasteiger partial charge in [0.15, 0.2) is 0 Å². The van der Waals surface area contributed by atoms with Crippen LogP contribution in [0.15, 0.2) is 30.3 Å². The molecule has 5 atom stereocenters. The molecule has 0 N–H and O–H groups in total. The summed E-state index contributed by atoms with van der Waals surface area (Å²) in [5, 5.41) is 0. The molecule has 1 aromatic carbocycles. The van der Waals surface area contributed by atoms with Crippen molar-refractivity contribution in [3.05, 3.63) is 35.9 Å². The van der Waals surface area contributed by atoms with Crippen molar-refractivity contribution >= 4 is 6.09 Å². The molecule has 0 unspecified atom stereocenters. The molecule has 0 aliphatic carbocycles. The van der Waals surface area contributed by atoms with Gasteiger partial charge in [0, 0.05) is 0 Å². The van der Waals surface area contributed by atoms with Crippen LogP contribution < -0.4 is 0 Å². The van der Waals surface area contributed by atoms with Gasteiger partial charge in [-0.25, -0.2) is 4.79 Å². The van der Waals surface area contributed by atoms with E-state index in [0.29, 0.717) is 13.2 Å². The summed E-state index contributed by atoms with van der Waals surface area (Å²) < 4.78 is 17.1. The van der Waals surface area contributed by atoms with Crippen LogP contribution in [0.5, 0.6) is 0 Å². The lowest BCUT2D eigenvalue weighted by Crippen LogP contribution is -2.57. The van der Waals surface area contributed by atoms with Crippen molar-refractivity contribution < 1.29 is 19.0 Å². The lowest BCUT2D eigenvalue weighted by molar-refractivity contribution is -0.0332. The van der Waals surface area contributed by atoms with Crippen molar-refractivity contribution in [3.63, 3.8) is 0 Å². The van der Waals surface area contributed by atoms with Gasteiger partial charge in [0.25, 0.3) is 0 Å². The highest BCUT2D eigenvalue weighted by Crippen LogP contribution is 2.44. The number of carbonyl (C=O) groups excluding carboxylic acids is 1. The molecule has 3 saturated heterocycles. The fraction of sp³-hybridized carbons (Fsp3) is 0.562. The van der Waals surface area contributed by atoms with Crippen LogP contribution in [0, 0.1) is 0 Å². The third-order valence-electron chi connectivity index (χ3n) is 4.65. The van der Waals surface area contributed by atoms with Crippen LogP contribution in [0.2, 0.25) is 0 Å². The predicted octanol–water partition coefficient (Wildman–Crippen LogP) is 1.95. The minimum atomic E-state index is -0.228. The number of rotatable bonds is 4. The summed E-state index contributed by atoms with van der Waals surface area (Å²) in [5.74, 6) is 0. The van der Waals surface area contributed by atoms with Crippen molar-refractivity contribution in [2.75, 3.05) is 6.61 Å². The van der Waals surface area contributed by atoms with E-state index in [-0.39, 0.29) is 36.5 Å². The van der Waals surface area contributed by atoms with Crippen LogP contribution in [-0.2, 0) is 20.8 Å². The van der Waals surface area contributed by atoms with Gasteiger partial charge < -0.3 is 14.2 Å². The van der Waals surface area contributed by atoms with Crippen molar-refractivity contribution in [2.45, 2.75) is 50.3 Å². The van der Waals surface area contributed by atoms with Gasteiger partial charge in [-0.15, -0.1) is 0 Å². The zero-order valence-electron chi connectivity index (χ0n) is 12.0. The van der Waals surface area contributed by atoms with Crippen molar-refractivity contribution in [1.29, 1.82) is 0 Å². The molecule has 4 rings (SSSR count). The molecule has 3 heterocycles. The molecule has 1 aromatic rings. The van der Waals surface area contributed by atoms with Gasteiger partial charge in [0.2, 0.25) is 0 Å². The highest BCUT2D eigenvalue weighted by Gasteiger charge is 2.63. The number of ether oxygens (including phenoxy) is 3. The van der Waals surface area contributed by atoms with Gasteiger partial charge >= 0.3 is 6.09 Å². The van der Waals surface area contributed by atoms with Crippen molar-refractivity contribution in [2.24, 2.45) is 0 Å². The molecule has 5 nitrogen and oxygen atoms in total. The highest BCUT2D eigenvalue weighted by atomic mass is 16.6. The van der Waals surface area contributed by atoms with E-state index in [1.54, 1.807) is 0 Å². The fourth-order valence-corrected chi connectivity index (χ4v) is 3.57. The Balaban J connectivity index is 1.50. The third-order valence-corrected chi connectivity index (χ3v) is 4.65. The summed E-state index contributed by atoms with van der Waals surface area (Å²) in [5.41, 5.74) is 1.13. The summed E-state index contributed by atoms with van der Waals surface area (Å²) in [6.45, 7) is 3.02. The predicted molar refractivity (Wildman–Crippen MR) is 74.7 cm³/mol. The van der Waals surface area contributed by atoms with E-state index >= 15 is 0 Å². The maximum atomic E-state index is 12.0. The molecule has 0 radical (unpaired) electrons. The maximum Gasteiger partial charge on any atom is 0.410 e. The average Bonchev–Trinajstić information content (AvgIpc) is 3.22. The molecule has 3 fully saturated rings. The van der Waals surface area contributed by atoms with Crippen LogP contribution in [0.3, 0.4) is 0 Å². The van der Waals surface area contributed by atoms with E-state index < -0.39 is 0 Å². The normalized spacial score (nSPS) is 36.9. The van der Waals surface area contributed by atoms with Crippen molar-refractivity contribution in [3.8, 4) is 0 Å². The summed E-state index contributed by atoms with van der Waals surface area (Å²) in [4.78, 5) is 13.8. The maximum absolute atomic E-state index is 12.0. The van der Waals surface area contributed by atoms with Gasteiger partial charge in [-0.1, -0.05) is 37.3 Å². The Bertz CT molecular complexity index is 534. The standard InChI is InChI=1S/C16H19NO4/c1-2-11-14-15(21-14)13(12-9-20-16(18)17(11)12)19-8-10-6-4-3-5-7-10/h3-7,11-15H,2,8-9H2,1H3/t11-,12-,13+,14-,15+/m1/s1. The minimum Gasteiger partial charge on any atom is -0.447 e. The van der Waals surface area contributed by atoms with Gasteiger partial charge in [0.1, 0.15) is 24.9 Å². The molecular formula is C16H19NO4. The Morgan fingerprint density at radius 1 is 1.29 bits per heavy atom. The Hall–Kier alpha value is -1.59. The second-order valence-electron chi connectivity index (χ2n) is 5.85. The quantitative estimate of drug-likeness (QED) is 0.795. The number of nitrogens with zero attached hydrogens (tertiary/aromatic N) is 1. The Morgan fingerprint density at radius 3 is 2.86 bits per heavy atom. The van der Waals surface area contributed by atoms with E-state index in [0.717, 1.165) is 12.0 Å². The number of hydrogen-bond donors (Lipinski definition) is 0. The molecule has 1 amide bonds. The van der Waals surface area contributed by atoms with Crippen LogP contribution in [0.4, 0.5) is 4.79 Å². The number of cyclic esters (lactones) is 1. The molecule has 0 saturated carbocycles. The number of benzene rings is 1. The lowest BCUT2D eigenvalue weighted by Gasteiger charge is -2.36. The SMILES string of the molecule is CC[C@@H]1[C@H]2O[C@H]2[C@@H](OCc2ccccc2)[C@H]2COC(=O)N21. The number of hydrogen-bond acceptors (Lipinski definition) is 4. The van der Waals surface area contributed by atoms with E-state index in [1.165, 1.54) is 0 Å². The van der Waals surface area contributed by atoms with E-state index in [4.69, 9.17) is 14.2 Å². The van der Waals surface area contributed by atoms with Gasteiger partial charge in [-0.2, -0.15) is 0 Å². The van der Waals surface area contributed by atoms with E-state index in [2.05, 4.69) is 6.92 Å². The first-order valence-corrected chi connectivity index (χ1v) is 7.55. The largest absolute Gasteiger partial charge is 0.447 e. The smallest absolute Gasteiger partial charge is 0.410 e. The number of fused-ring (bicyclic) bond motifs is 2. The summed E-state index contributed by atoms with van der Waals surface area (Å²) >= 11 is 0. The van der Waals surface area contributed by atoms with Crippen LogP contribution >= 0.6 is 0 Å². The van der Waals surface area contributed by atoms with Gasteiger partial charge in [-0.3, -0.25) is 4.90 Å².